The molecule has 1 aliphatic heterocycles. The topological polar surface area (TPSA) is 112 Å². The van der Waals surface area contributed by atoms with E-state index in [0.29, 0.717) is 19.5 Å². The van der Waals surface area contributed by atoms with Gasteiger partial charge in [0.05, 0.1) is 30.5 Å². The number of piperidine rings is 1. The molecule has 5 fully saturated rings. The van der Waals surface area contributed by atoms with Gasteiger partial charge in [-0.2, -0.15) is 0 Å². The zero-order valence-corrected chi connectivity index (χ0v) is 18.6. The summed E-state index contributed by atoms with van der Waals surface area (Å²) in [5.41, 5.74) is -5.33. The number of rotatable bonds is 4. The van der Waals surface area contributed by atoms with Gasteiger partial charge in [0.2, 0.25) is 0 Å². The van der Waals surface area contributed by atoms with Crippen molar-refractivity contribution in [3.63, 3.8) is 0 Å². The maximum Gasteiger partial charge on any atom is 0.136 e. The lowest BCUT2D eigenvalue weighted by molar-refractivity contribution is -0.312. The van der Waals surface area contributed by atoms with Gasteiger partial charge in [-0.05, 0) is 18.9 Å². The van der Waals surface area contributed by atoms with Crippen molar-refractivity contribution in [2.75, 3.05) is 34.4 Å². The van der Waals surface area contributed by atoms with E-state index >= 15 is 0 Å². The molecule has 4 N–H and O–H groups in total. The van der Waals surface area contributed by atoms with Crippen molar-refractivity contribution in [3.05, 3.63) is 12.2 Å². The SMILES string of the molecule is CCN1C[C@]2(O)C=C[C@H](O)[C@@]34[C@@H]5C[C@H]6[C@H](OC)[C@@H]5[C@](O)(C[C@@H]6OC)[C@](O)([C@@H](OC)[C@@H]32)[C@@H]14. The minimum absolute atomic E-state index is 0.0607. The predicted molar refractivity (Wildman–Crippen MR) is 109 cm³/mol. The molecule has 174 valence electrons. The normalized spacial score (nSPS) is 63.5. The number of likely N-dealkylation sites (N-methyl/N-ethyl adjacent to an activating group) is 1. The lowest BCUT2D eigenvalue weighted by Gasteiger charge is -2.67. The zero-order chi connectivity index (χ0) is 22.1. The Morgan fingerprint density at radius 2 is 1.84 bits per heavy atom. The first-order valence-corrected chi connectivity index (χ1v) is 11.6. The van der Waals surface area contributed by atoms with E-state index in [9.17, 15) is 20.4 Å². The highest BCUT2D eigenvalue weighted by atomic mass is 16.5. The van der Waals surface area contributed by atoms with Gasteiger partial charge in [-0.1, -0.05) is 19.1 Å². The van der Waals surface area contributed by atoms with Crippen molar-refractivity contribution in [1.29, 1.82) is 0 Å². The first kappa shape index (κ1) is 21.0. The molecule has 0 aromatic rings. The molecule has 31 heavy (non-hydrogen) atoms. The number of aliphatic hydroxyl groups excluding tert-OH is 1. The summed E-state index contributed by atoms with van der Waals surface area (Å²) < 4.78 is 17.8. The van der Waals surface area contributed by atoms with E-state index in [4.69, 9.17) is 14.2 Å². The minimum atomic E-state index is -1.69. The molecule has 13 atom stereocenters. The number of nitrogens with zero attached hydrogens (tertiary/aromatic N) is 1. The van der Waals surface area contributed by atoms with Gasteiger partial charge in [0.1, 0.15) is 16.8 Å². The quantitative estimate of drug-likeness (QED) is 0.421. The van der Waals surface area contributed by atoms with Crippen LogP contribution in [-0.2, 0) is 14.2 Å². The molecule has 0 aromatic heterocycles. The van der Waals surface area contributed by atoms with Crippen LogP contribution in [0, 0.1) is 29.1 Å². The minimum Gasteiger partial charge on any atom is -0.388 e. The first-order valence-electron chi connectivity index (χ1n) is 11.6. The third kappa shape index (κ3) is 1.88. The zero-order valence-electron chi connectivity index (χ0n) is 18.6. The van der Waals surface area contributed by atoms with E-state index in [1.807, 2.05) is 6.92 Å². The Balaban J connectivity index is 1.69. The summed E-state index contributed by atoms with van der Waals surface area (Å²) in [4.78, 5) is 2.06. The summed E-state index contributed by atoms with van der Waals surface area (Å²) in [6.07, 6.45) is 2.13. The Morgan fingerprint density at radius 3 is 2.45 bits per heavy atom. The second-order valence-electron chi connectivity index (χ2n) is 10.9. The number of hydrogen-bond donors (Lipinski definition) is 4. The Labute approximate surface area is 182 Å². The van der Waals surface area contributed by atoms with Gasteiger partial charge in [-0.15, -0.1) is 0 Å². The molecule has 0 radical (unpaired) electrons. The molecular weight excluding hydrogens is 402 g/mol. The second-order valence-corrected chi connectivity index (χ2v) is 10.9. The van der Waals surface area contributed by atoms with E-state index in [1.54, 1.807) is 26.4 Å². The highest BCUT2D eigenvalue weighted by Crippen LogP contribution is 2.78. The summed E-state index contributed by atoms with van der Waals surface area (Å²) in [5.74, 6) is -0.992. The van der Waals surface area contributed by atoms with E-state index in [0.717, 1.165) is 0 Å². The largest absolute Gasteiger partial charge is 0.388 e. The van der Waals surface area contributed by atoms with Gasteiger partial charge in [0, 0.05) is 57.5 Å². The van der Waals surface area contributed by atoms with Crippen LogP contribution in [0.4, 0.5) is 0 Å². The fourth-order valence-corrected chi connectivity index (χ4v) is 9.86. The Morgan fingerprint density at radius 1 is 1.10 bits per heavy atom. The first-order chi connectivity index (χ1) is 14.7. The number of fused-ring (bicyclic) bond motifs is 2. The Hall–Kier alpha value is -0.580. The number of aliphatic hydroxyl groups is 4. The van der Waals surface area contributed by atoms with Crippen molar-refractivity contribution in [1.82, 2.24) is 4.90 Å². The predicted octanol–water partition coefficient (Wildman–Crippen LogP) is -0.855. The van der Waals surface area contributed by atoms with E-state index < -0.39 is 46.4 Å². The van der Waals surface area contributed by atoms with Gasteiger partial charge in [-0.3, -0.25) is 4.90 Å². The molecule has 6 aliphatic rings. The van der Waals surface area contributed by atoms with Crippen LogP contribution in [0.1, 0.15) is 19.8 Å². The lowest BCUT2D eigenvalue weighted by Crippen LogP contribution is -2.82. The Bertz CT molecular complexity index is 824. The van der Waals surface area contributed by atoms with Crippen molar-refractivity contribution in [3.8, 4) is 0 Å². The molecule has 1 saturated heterocycles. The van der Waals surface area contributed by atoms with E-state index in [2.05, 4.69) is 4.90 Å². The summed E-state index contributed by atoms with van der Waals surface area (Å²) >= 11 is 0. The molecule has 8 heteroatoms. The number of likely N-dealkylation sites (tertiary alicyclic amines) is 1. The molecule has 6 rings (SSSR count). The molecule has 0 amide bonds. The summed E-state index contributed by atoms with van der Waals surface area (Å²) in [6, 6.07) is -0.543. The fraction of sp³-hybridized carbons (Fsp3) is 0.913. The second kappa shape index (κ2) is 6.10. The summed E-state index contributed by atoms with van der Waals surface area (Å²) in [7, 11) is 4.83. The van der Waals surface area contributed by atoms with Gasteiger partial charge in [0.15, 0.2) is 0 Å². The third-order valence-corrected chi connectivity index (χ3v) is 10.5. The van der Waals surface area contributed by atoms with Crippen LogP contribution in [0.25, 0.3) is 0 Å². The Kier molecular flexibility index (Phi) is 4.13. The van der Waals surface area contributed by atoms with E-state index in [-0.39, 0.29) is 36.4 Å². The fourth-order valence-electron chi connectivity index (χ4n) is 9.86. The number of ether oxygens (including phenoxy) is 3. The maximum absolute atomic E-state index is 12.7. The molecule has 0 unspecified atom stereocenters. The molecule has 8 nitrogen and oxygen atoms in total. The van der Waals surface area contributed by atoms with Crippen LogP contribution in [0.2, 0.25) is 0 Å². The van der Waals surface area contributed by atoms with Crippen molar-refractivity contribution in [2.45, 2.75) is 67.0 Å². The summed E-state index contributed by atoms with van der Waals surface area (Å²) in [6.45, 7) is 2.91. The lowest BCUT2D eigenvalue weighted by atomic mass is 9.45. The molecule has 1 heterocycles. The summed E-state index contributed by atoms with van der Waals surface area (Å²) in [5, 5.41) is 48.7. The monoisotopic (exact) mass is 437 g/mol. The van der Waals surface area contributed by atoms with Crippen molar-refractivity contribution >= 4 is 0 Å². The van der Waals surface area contributed by atoms with Crippen LogP contribution >= 0.6 is 0 Å². The van der Waals surface area contributed by atoms with Crippen molar-refractivity contribution in [2.24, 2.45) is 29.1 Å². The molecule has 7 bridgehead atoms. The molecule has 1 spiro atoms. The molecule has 0 aromatic carbocycles. The molecular formula is C23H35NO7. The van der Waals surface area contributed by atoms with Gasteiger partial charge >= 0.3 is 0 Å². The van der Waals surface area contributed by atoms with Crippen LogP contribution in [0.5, 0.6) is 0 Å². The van der Waals surface area contributed by atoms with E-state index in [1.165, 1.54) is 7.11 Å². The van der Waals surface area contributed by atoms with Crippen LogP contribution < -0.4 is 0 Å². The van der Waals surface area contributed by atoms with Gasteiger partial charge in [0.25, 0.3) is 0 Å². The van der Waals surface area contributed by atoms with Gasteiger partial charge in [-0.25, -0.2) is 0 Å². The molecule has 5 aliphatic carbocycles. The van der Waals surface area contributed by atoms with Crippen molar-refractivity contribution < 1.29 is 34.6 Å². The van der Waals surface area contributed by atoms with Crippen LogP contribution in [0.15, 0.2) is 12.2 Å². The average molecular weight is 438 g/mol. The molecule has 4 saturated carbocycles. The number of hydrogen-bond acceptors (Lipinski definition) is 8. The number of methoxy groups -OCH3 is 3. The number of β-amino-alcohol motifs (C(OH)–C–C–N with tert-alkyl or cyclic N) is 1. The van der Waals surface area contributed by atoms with Crippen LogP contribution in [-0.4, -0.2) is 107 Å². The van der Waals surface area contributed by atoms with Gasteiger partial charge < -0.3 is 34.6 Å². The third-order valence-electron chi connectivity index (χ3n) is 10.5. The standard InChI is InChI=1S/C23H35NO7/c1-5-24-10-20(26)7-6-14(25)22-12-8-11-13(29-2)9-21(27,15(12)16(11)30-3)23(28,19(22)24)18(31-4)17(20)22/h6-7,11-19,25-28H,5,8-10H2,1-4H3/t11-,12-,13+,14+,15-,16+,17-,18+,19+,20-,21-,22+,23+/m1/s1. The smallest absolute Gasteiger partial charge is 0.136 e. The highest BCUT2D eigenvalue weighted by Gasteiger charge is 2.91. The highest BCUT2D eigenvalue weighted by molar-refractivity contribution is 5.44. The van der Waals surface area contributed by atoms with Crippen LogP contribution in [0.3, 0.4) is 0 Å². The average Bonchev–Trinajstić information content (AvgIpc) is 3.17. The maximum atomic E-state index is 12.7.